The minimum absolute atomic E-state index is 0.630. The van der Waals surface area contributed by atoms with Crippen LogP contribution in [0.1, 0.15) is 50.7 Å². The summed E-state index contributed by atoms with van der Waals surface area (Å²) in [5.74, 6) is 1.94. The molecule has 3 heterocycles. The van der Waals surface area contributed by atoms with Crippen LogP contribution in [0.5, 0.6) is 0 Å². The molecule has 0 amide bonds. The molecule has 0 atom stereocenters. The fourth-order valence-electron chi connectivity index (χ4n) is 7.53. The van der Waals surface area contributed by atoms with Crippen molar-refractivity contribution in [2.24, 2.45) is 0 Å². The molecule has 5 nitrogen and oxygen atoms in total. The van der Waals surface area contributed by atoms with Gasteiger partial charge >= 0.3 is 0 Å². The van der Waals surface area contributed by atoms with Gasteiger partial charge in [0.05, 0.1) is 22.1 Å². The Morgan fingerprint density at radius 1 is 0.519 bits per heavy atom. The van der Waals surface area contributed by atoms with Gasteiger partial charge in [-0.1, -0.05) is 118 Å². The molecule has 0 aliphatic carbocycles. The van der Waals surface area contributed by atoms with Crippen molar-refractivity contribution in [2.45, 2.75) is 52.4 Å². The Morgan fingerprint density at radius 3 is 1.96 bits per heavy atom. The predicted molar refractivity (Wildman–Crippen MR) is 215 cm³/mol. The number of aromatic nitrogens is 4. The van der Waals surface area contributed by atoms with E-state index < -0.39 is 0 Å². The normalized spacial score (nSPS) is 11.7. The minimum Gasteiger partial charge on any atom is -0.455 e. The topological polar surface area (TPSA) is 56.7 Å². The van der Waals surface area contributed by atoms with E-state index >= 15 is 0 Å². The fraction of sp³-hybridized carbons (Fsp3) is 0.170. The van der Waals surface area contributed by atoms with E-state index in [1.807, 2.05) is 18.2 Å². The second-order valence-corrected chi connectivity index (χ2v) is 13.7. The third kappa shape index (κ3) is 5.63. The molecule has 0 unspecified atom stereocenters. The van der Waals surface area contributed by atoms with Crippen molar-refractivity contribution >= 4 is 43.7 Å². The van der Waals surface area contributed by atoms with Gasteiger partial charge in [0.1, 0.15) is 11.2 Å². The molecular weight excluding hydrogens is 637 g/mol. The molecule has 254 valence electrons. The second kappa shape index (κ2) is 13.6. The van der Waals surface area contributed by atoms with E-state index in [0.29, 0.717) is 17.5 Å². The largest absolute Gasteiger partial charge is 0.455 e. The van der Waals surface area contributed by atoms with E-state index in [1.165, 1.54) is 42.2 Å². The molecule has 6 aromatic carbocycles. The average Bonchev–Trinajstić information content (AvgIpc) is 3.75. The van der Waals surface area contributed by atoms with E-state index in [-0.39, 0.29) is 0 Å². The van der Waals surface area contributed by atoms with Crippen LogP contribution in [0.4, 0.5) is 0 Å². The summed E-state index contributed by atoms with van der Waals surface area (Å²) in [7, 11) is 0. The number of nitrogens with zero attached hydrogens (tertiary/aromatic N) is 4. The van der Waals surface area contributed by atoms with Crippen molar-refractivity contribution in [1.29, 1.82) is 0 Å². The number of aryl methyl sites for hydroxylation is 2. The molecule has 5 heteroatoms. The maximum atomic E-state index is 6.71. The first-order chi connectivity index (χ1) is 25.7. The molecule has 0 aliphatic heterocycles. The third-order valence-electron chi connectivity index (χ3n) is 10.2. The van der Waals surface area contributed by atoms with Crippen molar-refractivity contribution < 1.29 is 4.42 Å². The molecule has 0 aliphatic rings. The van der Waals surface area contributed by atoms with E-state index in [0.717, 1.165) is 73.6 Å². The SMILES string of the molecule is CCCCc1ccc(-c2nc(-c3ccccc3)nc(-c3ccccc3-n3c4ccccc4c4c5oc6ccc(CCCC)cc6c5ccc43)n2)cc1. The van der Waals surface area contributed by atoms with Gasteiger partial charge in [-0.15, -0.1) is 0 Å². The number of furan rings is 1. The first kappa shape index (κ1) is 31.9. The van der Waals surface area contributed by atoms with Gasteiger partial charge in [0, 0.05) is 32.8 Å². The summed E-state index contributed by atoms with van der Waals surface area (Å²) in [6.07, 6.45) is 6.85. The summed E-state index contributed by atoms with van der Waals surface area (Å²) in [4.78, 5) is 15.3. The Hall–Kier alpha value is -6.07. The van der Waals surface area contributed by atoms with Crippen LogP contribution in [-0.4, -0.2) is 19.5 Å². The number of fused-ring (bicyclic) bond motifs is 7. The van der Waals surface area contributed by atoms with Gasteiger partial charge in [-0.25, -0.2) is 15.0 Å². The molecule has 0 fully saturated rings. The highest BCUT2D eigenvalue weighted by molar-refractivity contribution is 6.24. The van der Waals surface area contributed by atoms with Crippen molar-refractivity contribution in [1.82, 2.24) is 19.5 Å². The summed E-state index contributed by atoms with van der Waals surface area (Å²) in [5, 5.41) is 4.57. The molecule has 9 aromatic rings. The van der Waals surface area contributed by atoms with Crippen molar-refractivity contribution in [3.05, 3.63) is 145 Å². The molecule has 9 rings (SSSR count). The molecule has 0 spiro atoms. The van der Waals surface area contributed by atoms with E-state index in [1.54, 1.807) is 0 Å². The first-order valence-corrected chi connectivity index (χ1v) is 18.6. The number of hydrogen-bond donors (Lipinski definition) is 0. The Kier molecular flexibility index (Phi) is 8.32. The molecule has 0 saturated carbocycles. The monoisotopic (exact) mass is 676 g/mol. The standard InChI is InChI=1S/C47H40N4O/c1-3-5-14-31-22-25-34(26-23-31)46-48-45(33-16-8-7-9-17-33)49-47(50-46)37-19-11-13-21-40(37)51-39-20-12-10-18-36(39)43-41(51)28-27-35-38-30-32(15-6-4-2)24-29-42(38)52-44(35)43/h7-13,16-30H,3-6,14-15H2,1-2H3. The first-order valence-electron chi connectivity index (χ1n) is 18.6. The van der Waals surface area contributed by atoms with E-state index in [4.69, 9.17) is 19.4 Å². The van der Waals surface area contributed by atoms with Crippen molar-refractivity contribution in [3.63, 3.8) is 0 Å². The zero-order valence-electron chi connectivity index (χ0n) is 29.6. The lowest BCUT2D eigenvalue weighted by atomic mass is 10.0. The lowest BCUT2D eigenvalue weighted by molar-refractivity contribution is 0.672. The van der Waals surface area contributed by atoms with Gasteiger partial charge in [0.25, 0.3) is 0 Å². The summed E-state index contributed by atoms with van der Waals surface area (Å²) in [6, 6.07) is 47.1. The zero-order valence-corrected chi connectivity index (χ0v) is 29.6. The highest BCUT2D eigenvalue weighted by Gasteiger charge is 2.22. The number of unbranched alkanes of at least 4 members (excludes halogenated alkanes) is 2. The van der Waals surface area contributed by atoms with E-state index in [2.05, 4.69) is 134 Å². The zero-order chi connectivity index (χ0) is 35.0. The van der Waals surface area contributed by atoms with Gasteiger partial charge in [0.15, 0.2) is 17.5 Å². The van der Waals surface area contributed by atoms with Crippen LogP contribution in [0, 0.1) is 0 Å². The van der Waals surface area contributed by atoms with Crippen LogP contribution in [0.25, 0.3) is 83.6 Å². The summed E-state index contributed by atoms with van der Waals surface area (Å²) in [6.45, 7) is 4.47. The van der Waals surface area contributed by atoms with Gasteiger partial charge in [-0.3, -0.25) is 0 Å². The molecule has 0 saturated heterocycles. The highest BCUT2D eigenvalue weighted by Crippen LogP contribution is 2.42. The number of para-hydroxylation sites is 2. The second-order valence-electron chi connectivity index (χ2n) is 13.7. The average molecular weight is 677 g/mol. The van der Waals surface area contributed by atoms with Crippen molar-refractivity contribution in [2.75, 3.05) is 0 Å². The molecular formula is C47H40N4O. The fourth-order valence-corrected chi connectivity index (χ4v) is 7.53. The Labute approximate surface area is 303 Å². The van der Waals surface area contributed by atoms with Gasteiger partial charge in [0.2, 0.25) is 0 Å². The third-order valence-corrected chi connectivity index (χ3v) is 10.2. The van der Waals surface area contributed by atoms with Gasteiger partial charge in [-0.05, 0) is 79.3 Å². The van der Waals surface area contributed by atoms with E-state index in [9.17, 15) is 0 Å². The minimum atomic E-state index is 0.630. The van der Waals surface area contributed by atoms with Crippen LogP contribution in [0.2, 0.25) is 0 Å². The number of benzene rings is 6. The lowest BCUT2D eigenvalue weighted by Crippen LogP contribution is -2.03. The van der Waals surface area contributed by atoms with Crippen LogP contribution in [0.3, 0.4) is 0 Å². The Bertz CT molecular complexity index is 2700. The van der Waals surface area contributed by atoms with Crippen LogP contribution >= 0.6 is 0 Å². The predicted octanol–water partition coefficient (Wildman–Crippen LogP) is 12.6. The number of hydrogen-bond acceptors (Lipinski definition) is 4. The lowest BCUT2D eigenvalue weighted by Gasteiger charge is -2.14. The molecule has 3 aromatic heterocycles. The molecule has 0 bridgehead atoms. The Morgan fingerprint density at radius 2 is 1.17 bits per heavy atom. The highest BCUT2D eigenvalue weighted by atomic mass is 16.3. The molecule has 0 N–H and O–H groups in total. The molecule has 0 radical (unpaired) electrons. The summed E-state index contributed by atoms with van der Waals surface area (Å²) < 4.78 is 9.05. The summed E-state index contributed by atoms with van der Waals surface area (Å²) >= 11 is 0. The van der Waals surface area contributed by atoms with Crippen molar-refractivity contribution in [3.8, 4) is 39.9 Å². The smallest absolute Gasteiger partial charge is 0.166 e. The maximum absolute atomic E-state index is 6.71. The van der Waals surface area contributed by atoms with Crippen LogP contribution < -0.4 is 0 Å². The quantitative estimate of drug-likeness (QED) is 0.145. The van der Waals surface area contributed by atoms with Crippen LogP contribution in [-0.2, 0) is 12.8 Å². The number of rotatable bonds is 10. The Balaban J connectivity index is 1.25. The molecule has 52 heavy (non-hydrogen) atoms. The maximum Gasteiger partial charge on any atom is 0.166 e. The van der Waals surface area contributed by atoms with Crippen LogP contribution in [0.15, 0.2) is 138 Å². The van der Waals surface area contributed by atoms with Gasteiger partial charge in [-0.2, -0.15) is 0 Å². The summed E-state index contributed by atoms with van der Waals surface area (Å²) in [5.41, 5.74) is 10.5. The van der Waals surface area contributed by atoms with Gasteiger partial charge < -0.3 is 8.98 Å².